The third-order valence-electron chi connectivity index (χ3n) is 2.11. The zero-order chi connectivity index (χ0) is 12.4. The van der Waals surface area contributed by atoms with Gasteiger partial charge in [-0.05, 0) is 52.7 Å². The second kappa shape index (κ2) is 5.06. The Hall–Kier alpha value is -1.07. The fourth-order valence-corrected chi connectivity index (χ4v) is 2.88. The number of esters is 1. The van der Waals surface area contributed by atoms with Gasteiger partial charge in [0.15, 0.2) is 0 Å². The average Bonchev–Trinajstić information content (AvgIpc) is 2.76. The molecule has 0 aliphatic rings. The zero-order valence-corrected chi connectivity index (χ0v) is 12.0. The van der Waals surface area contributed by atoms with Crippen molar-refractivity contribution < 1.29 is 13.9 Å². The number of aryl methyl sites for hydroxylation is 1. The smallest absolute Gasteiger partial charge is 0.379 e. The number of carbonyl (C=O) groups is 1. The van der Waals surface area contributed by atoms with E-state index in [9.17, 15) is 4.79 Å². The Labute approximate surface area is 115 Å². The molecule has 88 valence electrons. The van der Waals surface area contributed by atoms with Crippen LogP contribution in [0.25, 0.3) is 0 Å². The summed E-state index contributed by atoms with van der Waals surface area (Å²) in [5.41, 5.74) is 0.853. The van der Waals surface area contributed by atoms with E-state index in [1.165, 1.54) is 6.26 Å². The van der Waals surface area contributed by atoms with Gasteiger partial charge in [0, 0.05) is 4.47 Å². The summed E-state index contributed by atoms with van der Waals surface area (Å²) in [6.45, 7) is 1.86. The molecule has 0 aliphatic heterocycles. The largest absolute Gasteiger partial charge is 0.457 e. The highest BCUT2D eigenvalue weighted by Crippen LogP contribution is 2.32. The summed E-state index contributed by atoms with van der Waals surface area (Å²) < 4.78 is 11.9. The number of halogens is 2. The molecule has 0 spiro atoms. The molecule has 0 atom stereocenters. The standard InChI is InChI=1S/C12H8Br2O3/c1-7-5-8(13)6-9(14)11(7)17-12(15)10-3-2-4-16-10/h2-6H,1H3. The van der Waals surface area contributed by atoms with E-state index in [0.29, 0.717) is 10.2 Å². The van der Waals surface area contributed by atoms with E-state index in [1.54, 1.807) is 12.1 Å². The first-order valence-electron chi connectivity index (χ1n) is 4.79. The van der Waals surface area contributed by atoms with E-state index in [0.717, 1.165) is 10.0 Å². The number of rotatable bonds is 2. The number of hydrogen-bond acceptors (Lipinski definition) is 3. The van der Waals surface area contributed by atoms with Gasteiger partial charge >= 0.3 is 5.97 Å². The van der Waals surface area contributed by atoms with Gasteiger partial charge in [-0.25, -0.2) is 4.79 Å². The summed E-state index contributed by atoms with van der Waals surface area (Å²) in [5, 5.41) is 0. The molecule has 0 bridgehead atoms. The average molecular weight is 360 g/mol. The molecule has 3 nitrogen and oxygen atoms in total. The van der Waals surface area contributed by atoms with Crippen LogP contribution >= 0.6 is 31.9 Å². The van der Waals surface area contributed by atoms with Crippen molar-refractivity contribution in [3.05, 3.63) is 50.8 Å². The summed E-state index contributed by atoms with van der Waals surface area (Å²) in [6, 6.07) is 6.89. The molecule has 5 heteroatoms. The molecule has 0 saturated carbocycles. The van der Waals surface area contributed by atoms with Crippen LogP contribution in [-0.2, 0) is 0 Å². The van der Waals surface area contributed by atoms with Crippen molar-refractivity contribution in [2.45, 2.75) is 6.92 Å². The predicted octanol–water partition coefficient (Wildman–Crippen LogP) is 4.33. The molecule has 0 fully saturated rings. The number of carbonyl (C=O) groups excluding carboxylic acids is 1. The third kappa shape index (κ3) is 2.79. The van der Waals surface area contributed by atoms with Crippen molar-refractivity contribution in [3.63, 3.8) is 0 Å². The lowest BCUT2D eigenvalue weighted by Crippen LogP contribution is -2.08. The quantitative estimate of drug-likeness (QED) is 0.591. The number of ether oxygens (including phenoxy) is 1. The monoisotopic (exact) mass is 358 g/mol. The molecular weight excluding hydrogens is 352 g/mol. The van der Waals surface area contributed by atoms with Crippen LogP contribution in [0.3, 0.4) is 0 Å². The molecule has 0 unspecified atom stereocenters. The van der Waals surface area contributed by atoms with E-state index >= 15 is 0 Å². The number of hydrogen-bond donors (Lipinski definition) is 0. The van der Waals surface area contributed by atoms with Gasteiger partial charge in [-0.1, -0.05) is 15.9 Å². The first kappa shape index (κ1) is 12.4. The first-order chi connectivity index (χ1) is 8.08. The Balaban J connectivity index is 2.28. The topological polar surface area (TPSA) is 39.4 Å². The van der Waals surface area contributed by atoms with Gasteiger partial charge in [-0.3, -0.25) is 0 Å². The maximum atomic E-state index is 11.7. The highest BCUT2D eigenvalue weighted by Gasteiger charge is 2.15. The van der Waals surface area contributed by atoms with Gasteiger partial charge in [0.2, 0.25) is 5.76 Å². The van der Waals surface area contributed by atoms with Crippen LogP contribution in [0.5, 0.6) is 5.75 Å². The lowest BCUT2D eigenvalue weighted by molar-refractivity contribution is 0.0699. The van der Waals surface area contributed by atoms with Crippen molar-refractivity contribution in [3.8, 4) is 5.75 Å². The Morgan fingerprint density at radius 1 is 1.35 bits per heavy atom. The van der Waals surface area contributed by atoms with E-state index in [4.69, 9.17) is 9.15 Å². The van der Waals surface area contributed by atoms with Gasteiger partial charge in [0.05, 0.1) is 10.7 Å². The van der Waals surface area contributed by atoms with Crippen molar-refractivity contribution in [2.24, 2.45) is 0 Å². The lowest BCUT2D eigenvalue weighted by Gasteiger charge is -2.08. The molecule has 0 aliphatic carbocycles. The van der Waals surface area contributed by atoms with E-state index in [-0.39, 0.29) is 5.76 Å². The van der Waals surface area contributed by atoms with Crippen LogP contribution < -0.4 is 4.74 Å². The van der Waals surface area contributed by atoms with Gasteiger partial charge in [0.1, 0.15) is 5.75 Å². The van der Waals surface area contributed by atoms with Crippen LogP contribution in [0.2, 0.25) is 0 Å². The molecule has 1 aromatic heterocycles. The van der Waals surface area contributed by atoms with Crippen LogP contribution in [0.15, 0.2) is 43.9 Å². The fraction of sp³-hybridized carbons (Fsp3) is 0.0833. The fourth-order valence-electron chi connectivity index (χ4n) is 1.36. The molecule has 2 aromatic rings. The molecule has 17 heavy (non-hydrogen) atoms. The summed E-state index contributed by atoms with van der Waals surface area (Å²) in [6.07, 6.45) is 1.43. The van der Waals surface area contributed by atoms with Crippen molar-refractivity contribution >= 4 is 37.8 Å². The van der Waals surface area contributed by atoms with E-state index in [1.807, 2.05) is 19.1 Å². The normalized spacial score (nSPS) is 10.3. The maximum Gasteiger partial charge on any atom is 0.379 e. The van der Waals surface area contributed by atoms with Gasteiger partial charge < -0.3 is 9.15 Å². The summed E-state index contributed by atoms with van der Waals surface area (Å²) in [4.78, 5) is 11.7. The molecule has 0 amide bonds. The summed E-state index contributed by atoms with van der Waals surface area (Å²) in [7, 11) is 0. The number of furan rings is 1. The van der Waals surface area contributed by atoms with Crippen LogP contribution in [0.4, 0.5) is 0 Å². The van der Waals surface area contributed by atoms with Crippen molar-refractivity contribution in [2.75, 3.05) is 0 Å². The molecule has 2 rings (SSSR count). The first-order valence-corrected chi connectivity index (χ1v) is 6.38. The van der Waals surface area contributed by atoms with Crippen molar-refractivity contribution in [1.82, 2.24) is 0 Å². The zero-order valence-electron chi connectivity index (χ0n) is 8.87. The predicted molar refractivity (Wildman–Crippen MR) is 70.2 cm³/mol. The highest BCUT2D eigenvalue weighted by atomic mass is 79.9. The van der Waals surface area contributed by atoms with E-state index < -0.39 is 5.97 Å². The van der Waals surface area contributed by atoms with Gasteiger partial charge in [0.25, 0.3) is 0 Å². The lowest BCUT2D eigenvalue weighted by atomic mass is 10.2. The second-order valence-corrected chi connectivity index (χ2v) is 5.17. The SMILES string of the molecule is Cc1cc(Br)cc(Br)c1OC(=O)c1ccco1. The Morgan fingerprint density at radius 3 is 2.71 bits per heavy atom. The molecule has 1 aromatic carbocycles. The summed E-state index contributed by atoms with van der Waals surface area (Å²) in [5.74, 6) is 0.162. The highest BCUT2D eigenvalue weighted by molar-refractivity contribution is 9.11. The van der Waals surface area contributed by atoms with Crippen LogP contribution in [0, 0.1) is 6.92 Å². The third-order valence-corrected chi connectivity index (χ3v) is 3.16. The minimum Gasteiger partial charge on any atom is -0.457 e. The molecular formula is C12H8Br2O3. The van der Waals surface area contributed by atoms with Crippen molar-refractivity contribution in [1.29, 1.82) is 0 Å². The molecule has 1 heterocycles. The summed E-state index contributed by atoms with van der Waals surface area (Å²) >= 11 is 6.71. The Morgan fingerprint density at radius 2 is 2.12 bits per heavy atom. The van der Waals surface area contributed by atoms with Gasteiger partial charge in [-0.15, -0.1) is 0 Å². The molecule has 0 radical (unpaired) electrons. The Bertz CT molecular complexity index is 524. The van der Waals surface area contributed by atoms with Gasteiger partial charge in [-0.2, -0.15) is 0 Å². The Kier molecular flexibility index (Phi) is 3.69. The minimum absolute atomic E-state index is 0.180. The van der Waals surface area contributed by atoms with Crippen LogP contribution in [-0.4, -0.2) is 5.97 Å². The minimum atomic E-state index is -0.513. The molecule has 0 saturated heterocycles. The second-order valence-electron chi connectivity index (χ2n) is 3.40. The van der Waals surface area contributed by atoms with Crippen LogP contribution in [0.1, 0.15) is 16.1 Å². The van der Waals surface area contributed by atoms with E-state index in [2.05, 4.69) is 31.9 Å². The molecule has 0 N–H and O–H groups in total. The maximum absolute atomic E-state index is 11.7. The number of benzene rings is 1.